The summed E-state index contributed by atoms with van der Waals surface area (Å²) in [6.07, 6.45) is 4.87. The molecule has 0 radical (unpaired) electrons. The van der Waals surface area contributed by atoms with Gasteiger partial charge in [-0.2, -0.15) is 4.31 Å². The summed E-state index contributed by atoms with van der Waals surface area (Å²) in [6, 6.07) is 4.39. The molecule has 1 amide bonds. The van der Waals surface area contributed by atoms with Gasteiger partial charge < -0.3 is 19.3 Å². The van der Waals surface area contributed by atoms with E-state index in [0.29, 0.717) is 28.7 Å². The third-order valence-electron chi connectivity index (χ3n) is 8.36. The van der Waals surface area contributed by atoms with Crippen LogP contribution in [0, 0.1) is 6.92 Å². The maximum Gasteiger partial charge on any atom is 0.248 e. The van der Waals surface area contributed by atoms with Crippen LogP contribution in [-0.2, 0) is 26.0 Å². The van der Waals surface area contributed by atoms with Crippen molar-refractivity contribution in [1.82, 2.24) is 19.0 Å². The summed E-state index contributed by atoms with van der Waals surface area (Å²) in [5.41, 5.74) is 1.38. The average molecular weight is 553 g/mol. The van der Waals surface area contributed by atoms with Crippen LogP contribution in [0.25, 0.3) is 0 Å². The fraction of sp³-hybridized carbons (Fsp3) is 0.750. The molecule has 1 aliphatic heterocycles. The minimum Gasteiger partial charge on any atom is -0.497 e. The summed E-state index contributed by atoms with van der Waals surface area (Å²) in [4.78, 5) is 20.1. The average Bonchev–Trinajstić information content (AvgIpc) is 2.93. The van der Waals surface area contributed by atoms with Gasteiger partial charge in [-0.25, -0.2) is 8.42 Å². The minimum absolute atomic E-state index is 0.0366. The molecule has 38 heavy (non-hydrogen) atoms. The van der Waals surface area contributed by atoms with Crippen molar-refractivity contribution in [3.05, 3.63) is 23.3 Å². The number of sulfonamides is 1. The number of benzene rings is 1. The van der Waals surface area contributed by atoms with Crippen LogP contribution in [0.15, 0.2) is 17.0 Å². The molecule has 10 heteroatoms. The molecule has 0 N–H and O–H groups in total. The molecule has 1 saturated carbocycles. The van der Waals surface area contributed by atoms with Gasteiger partial charge in [0.1, 0.15) is 12.4 Å². The standard InChI is InChI=1S/C28H48N4O5S/c1-7-23-20-26(36-6)19-22(3)28(23)38(34,35)29(4)17-18-37-21-27(33)30(5)24-9-11-25(12-10-24)32-15-13-31(8-2)14-16-32/h19-20,24-25H,7-18,21H2,1-6H3. The normalized spacial score (nSPS) is 21.6. The Morgan fingerprint density at radius 1 is 1.05 bits per heavy atom. The molecule has 1 aromatic carbocycles. The van der Waals surface area contributed by atoms with Crippen LogP contribution in [0.1, 0.15) is 50.7 Å². The molecule has 1 saturated heterocycles. The van der Waals surface area contributed by atoms with E-state index in [9.17, 15) is 13.2 Å². The van der Waals surface area contributed by atoms with E-state index >= 15 is 0 Å². The number of hydrogen-bond donors (Lipinski definition) is 0. The van der Waals surface area contributed by atoms with E-state index in [1.54, 1.807) is 33.2 Å². The zero-order chi connectivity index (χ0) is 27.9. The Labute approximate surface area is 230 Å². The number of ether oxygens (including phenoxy) is 2. The maximum absolute atomic E-state index is 13.3. The molecule has 0 spiro atoms. The Bertz CT molecular complexity index is 1020. The predicted molar refractivity (Wildman–Crippen MR) is 150 cm³/mol. The van der Waals surface area contributed by atoms with Gasteiger partial charge in [0.2, 0.25) is 15.9 Å². The van der Waals surface area contributed by atoms with Crippen molar-refractivity contribution in [2.75, 3.05) is 73.7 Å². The summed E-state index contributed by atoms with van der Waals surface area (Å²) >= 11 is 0. The summed E-state index contributed by atoms with van der Waals surface area (Å²) in [5.74, 6) is 0.602. The molecule has 0 aromatic heterocycles. The SMILES string of the molecule is CCc1cc(OC)cc(C)c1S(=O)(=O)N(C)CCOCC(=O)N(C)C1CCC(N2CCN(CC)CC2)CC1. The third-order valence-corrected chi connectivity index (χ3v) is 10.5. The number of aryl methyl sites for hydroxylation is 2. The van der Waals surface area contributed by atoms with Gasteiger partial charge >= 0.3 is 0 Å². The highest BCUT2D eigenvalue weighted by atomic mass is 32.2. The lowest BCUT2D eigenvalue weighted by atomic mass is 9.89. The van der Waals surface area contributed by atoms with E-state index in [1.165, 1.54) is 4.31 Å². The molecule has 3 rings (SSSR count). The molecule has 2 fully saturated rings. The van der Waals surface area contributed by atoms with E-state index in [4.69, 9.17) is 9.47 Å². The number of piperazine rings is 1. The van der Waals surface area contributed by atoms with Gasteiger partial charge in [0.15, 0.2) is 0 Å². The van der Waals surface area contributed by atoms with Gasteiger partial charge in [-0.1, -0.05) is 13.8 Å². The molecule has 0 unspecified atom stereocenters. The highest BCUT2D eigenvalue weighted by Crippen LogP contribution is 2.29. The van der Waals surface area contributed by atoms with Crippen molar-refractivity contribution < 1.29 is 22.7 Å². The largest absolute Gasteiger partial charge is 0.497 e. The van der Waals surface area contributed by atoms with Crippen LogP contribution >= 0.6 is 0 Å². The fourth-order valence-corrected chi connectivity index (χ4v) is 7.38. The summed E-state index contributed by atoms with van der Waals surface area (Å²) in [6.45, 7) is 12.0. The second kappa shape index (κ2) is 14.1. The Balaban J connectivity index is 1.43. The van der Waals surface area contributed by atoms with Gasteiger partial charge in [0, 0.05) is 58.9 Å². The van der Waals surface area contributed by atoms with E-state index < -0.39 is 10.0 Å². The Morgan fingerprint density at radius 2 is 1.71 bits per heavy atom. The fourth-order valence-electron chi connectivity index (χ4n) is 5.75. The summed E-state index contributed by atoms with van der Waals surface area (Å²) < 4.78 is 38.8. The van der Waals surface area contributed by atoms with Crippen LogP contribution in [0.5, 0.6) is 5.75 Å². The lowest BCUT2D eigenvalue weighted by molar-refractivity contribution is -0.137. The van der Waals surface area contributed by atoms with Crippen molar-refractivity contribution >= 4 is 15.9 Å². The second-order valence-corrected chi connectivity index (χ2v) is 12.6. The molecular formula is C28H48N4O5S. The molecular weight excluding hydrogens is 504 g/mol. The minimum atomic E-state index is -3.70. The molecule has 0 atom stereocenters. The molecule has 9 nitrogen and oxygen atoms in total. The van der Waals surface area contributed by atoms with Crippen molar-refractivity contribution in [3.63, 3.8) is 0 Å². The zero-order valence-corrected chi connectivity index (χ0v) is 25.1. The molecule has 1 aromatic rings. The van der Waals surface area contributed by atoms with Crippen LogP contribution in [0.4, 0.5) is 0 Å². The van der Waals surface area contributed by atoms with Gasteiger partial charge in [-0.15, -0.1) is 0 Å². The highest BCUT2D eigenvalue weighted by Gasteiger charge is 2.31. The number of likely N-dealkylation sites (N-methyl/N-ethyl adjacent to an activating group) is 3. The first kappa shape index (κ1) is 30.8. The van der Waals surface area contributed by atoms with E-state index in [2.05, 4.69) is 16.7 Å². The lowest BCUT2D eigenvalue weighted by Gasteiger charge is -2.43. The maximum atomic E-state index is 13.3. The number of carbonyl (C=O) groups is 1. The van der Waals surface area contributed by atoms with Gasteiger partial charge in [-0.05, 0) is 68.8 Å². The van der Waals surface area contributed by atoms with E-state index in [0.717, 1.165) is 64.0 Å². The lowest BCUT2D eigenvalue weighted by Crippen LogP contribution is -2.52. The van der Waals surface area contributed by atoms with Crippen LogP contribution in [0.3, 0.4) is 0 Å². The number of methoxy groups -OCH3 is 1. The van der Waals surface area contributed by atoms with Crippen LogP contribution in [0.2, 0.25) is 0 Å². The zero-order valence-electron chi connectivity index (χ0n) is 24.2. The molecule has 2 aliphatic rings. The smallest absolute Gasteiger partial charge is 0.248 e. The number of nitrogens with zero attached hydrogens (tertiary/aromatic N) is 4. The summed E-state index contributed by atoms with van der Waals surface area (Å²) in [5, 5.41) is 0. The predicted octanol–water partition coefficient (Wildman–Crippen LogP) is 2.61. The van der Waals surface area contributed by atoms with E-state index in [-0.39, 0.29) is 31.7 Å². The molecule has 1 heterocycles. The van der Waals surface area contributed by atoms with Gasteiger partial charge in [-0.3, -0.25) is 9.69 Å². The Kier molecular flexibility index (Phi) is 11.4. The highest BCUT2D eigenvalue weighted by molar-refractivity contribution is 7.89. The van der Waals surface area contributed by atoms with Crippen molar-refractivity contribution in [3.8, 4) is 5.75 Å². The Hall–Kier alpha value is -1.72. The number of amides is 1. The van der Waals surface area contributed by atoms with Gasteiger partial charge in [0.05, 0.1) is 18.6 Å². The number of rotatable bonds is 12. The van der Waals surface area contributed by atoms with E-state index in [1.807, 2.05) is 18.9 Å². The first-order valence-corrected chi connectivity index (χ1v) is 15.5. The Morgan fingerprint density at radius 3 is 2.29 bits per heavy atom. The number of hydrogen-bond acceptors (Lipinski definition) is 7. The topological polar surface area (TPSA) is 82.6 Å². The summed E-state index contributed by atoms with van der Waals surface area (Å²) in [7, 11) is 1.30. The number of carbonyl (C=O) groups excluding carboxylic acids is 1. The van der Waals surface area contributed by atoms with Crippen LogP contribution in [-0.4, -0.2) is 119 Å². The van der Waals surface area contributed by atoms with Crippen molar-refractivity contribution in [2.24, 2.45) is 0 Å². The first-order valence-electron chi connectivity index (χ1n) is 14.1. The molecule has 0 bridgehead atoms. The van der Waals surface area contributed by atoms with Gasteiger partial charge in [0.25, 0.3) is 0 Å². The van der Waals surface area contributed by atoms with Crippen molar-refractivity contribution in [2.45, 2.75) is 69.9 Å². The third kappa shape index (κ3) is 7.47. The second-order valence-electron chi connectivity index (χ2n) is 10.6. The molecule has 1 aliphatic carbocycles. The van der Waals surface area contributed by atoms with Crippen LogP contribution < -0.4 is 4.74 Å². The van der Waals surface area contributed by atoms with Crippen molar-refractivity contribution in [1.29, 1.82) is 0 Å². The monoisotopic (exact) mass is 552 g/mol. The molecule has 216 valence electrons. The first-order chi connectivity index (χ1) is 18.1. The quantitative estimate of drug-likeness (QED) is 0.369.